The van der Waals surface area contributed by atoms with Gasteiger partial charge in [0.2, 0.25) is 5.91 Å². The maximum atomic E-state index is 13.3. The molecule has 0 spiro atoms. The van der Waals surface area contributed by atoms with Crippen molar-refractivity contribution in [3.8, 4) is 5.75 Å². The summed E-state index contributed by atoms with van der Waals surface area (Å²) >= 11 is 1.49. The van der Waals surface area contributed by atoms with Crippen LogP contribution in [0.1, 0.15) is 24.9 Å². The van der Waals surface area contributed by atoms with Crippen molar-refractivity contribution in [1.82, 2.24) is 9.55 Å². The minimum Gasteiger partial charge on any atom is -0.489 e. The molecule has 144 valence electrons. The highest BCUT2D eigenvalue weighted by Gasteiger charge is 2.33. The average Bonchev–Trinajstić information content (AvgIpc) is 3.19. The van der Waals surface area contributed by atoms with E-state index in [4.69, 9.17) is 4.74 Å². The van der Waals surface area contributed by atoms with Gasteiger partial charge in [-0.2, -0.15) is 0 Å². The van der Waals surface area contributed by atoms with Crippen molar-refractivity contribution in [2.24, 2.45) is 0 Å². The van der Waals surface area contributed by atoms with Gasteiger partial charge in [0.15, 0.2) is 5.16 Å². The zero-order valence-corrected chi connectivity index (χ0v) is 16.6. The second kappa shape index (κ2) is 8.52. The van der Waals surface area contributed by atoms with Crippen LogP contribution >= 0.6 is 11.8 Å². The van der Waals surface area contributed by atoms with E-state index in [1.165, 1.54) is 11.8 Å². The maximum absolute atomic E-state index is 13.3. The number of hydrogen-bond donors (Lipinski definition) is 0. The van der Waals surface area contributed by atoms with E-state index in [0.717, 1.165) is 35.1 Å². The van der Waals surface area contributed by atoms with E-state index in [-0.39, 0.29) is 11.9 Å². The number of carbonyl (C=O) groups is 1. The van der Waals surface area contributed by atoms with Crippen molar-refractivity contribution < 1.29 is 9.53 Å². The van der Waals surface area contributed by atoms with E-state index in [1.807, 2.05) is 65.7 Å². The number of benzene rings is 2. The molecule has 28 heavy (non-hydrogen) atoms. The molecular weight excluding hydrogens is 370 g/mol. The molecule has 0 fully saturated rings. The predicted molar refractivity (Wildman–Crippen MR) is 112 cm³/mol. The third kappa shape index (κ3) is 3.78. The molecule has 3 aromatic rings. The van der Waals surface area contributed by atoms with Crippen LogP contribution in [0.15, 0.2) is 72.1 Å². The van der Waals surface area contributed by atoms with E-state index in [0.29, 0.717) is 12.4 Å². The monoisotopic (exact) mass is 393 g/mol. The molecule has 6 heteroatoms. The van der Waals surface area contributed by atoms with Crippen LogP contribution in [0.5, 0.6) is 5.75 Å². The van der Waals surface area contributed by atoms with E-state index in [1.54, 1.807) is 6.20 Å². The highest BCUT2D eigenvalue weighted by molar-refractivity contribution is 7.99. The standard InChI is InChI=1S/C22H23N3O2S/c1-2-13-24-14-12-23-22(24)28-16-21(26)25-18-10-6-7-11-20(18)27-15-19(25)17-8-4-3-5-9-17/h3-12,14,19H,2,13,15-16H2,1H3. The Morgan fingerprint density at radius 1 is 1.18 bits per heavy atom. The lowest BCUT2D eigenvalue weighted by Gasteiger charge is -2.37. The number of hydrogen-bond acceptors (Lipinski definition) is 4. The summed E-state index contributed by atoms with van der Waals surface area (Å²) in [5.74, 6) is 1.14. The SMILES string of the molecule is CCCn1ccnc1SCC(=O)N1c2ccccc2OCC1c1ccccc1. The third-order valence-electron chi connectivity index (χ3n) is 4.75. The van der Waals surface area contributed by atoms with Crippen LogP contribution in [0.2, 0.25) is 0 Å². The van der Waals surface area contributed by atoms with Crippen molar-refractivity contribution in [3.63, 3.8) is 0 Å². The minimum atomic E-state index is -0.139. The summed E-state index contributed by atoms with van der Waals surface area (Å²) in [4.78, 5) is 19.6. The van der Waals surface area contributed by atoms with Crippen molar-refractivity contribution in [1.29, 1.82) is 0 Å². The number of para-hydroxylation sites is 2. The van der Waals surface area contributed by atoms with Gasteiger partial charge in [-0.25, -0.2) is 4.98 Å². The molecule has 0 saturated carbocycles. The third-order valence-corrected chi connectivity index (χ3v) is 5.74. The number of imidazole rings is 1. The normalized spacial score (nSPS) is 15.8. The lowest BCUT2D eigenvalue weighted by molar-refractivity contribution is -0.117. The Morgan fingerprint density at radius 3 is 2.79 bits per heavy atom. The van der Waals surface area contributed by atoms with Crippen LogP contribution < -0.4 is 9.64 Å². The Labute approximate surface area is 169 Å². The molecule has 1 unspecified atom stereocenters. The molecule has 0 bridgehead atoms. The molecule has 1 atom stereocenters. The first kappa shape index (κ1) is 18.6. The molecule has 0 saturated heterocycles. The highest BCUT2D eigenvalue weighted by Crippen LogP contribution is 2.39. The quantitative estimate of drug-likeness (QED) is 0.577. The largest absolute Gasteiger partial charge is 0.489 e. The molecule has 4 rings (SSSR count). The Morgan fingerprint density at radius 2 is 1.96 bits per heavy atom. The van der Waals surface area contributed by atoms with Gasteiger partial charge in [-0.3, -0.25) is 9.69 Å². The molecule has 1 aromatic heterocycles. The van der Waals surface area contributed by atoms with Gasteiger partial charge in [0.25, 0.3) is 0 Å². The van der Waals surface area contributed by atoms with Crippen molar-refractivity contribution in [2.75, 3.05) is 17.3 Å². The summed E-state index contributed by atoms with van der Waals surface area (Å²) in [6, 6.07) is 17.7. The summed E-state index contributed by atoms with van der Waals surface area (Å²) in [7, 11) is 0. The summed E-state index contributed by atoms with van der Waals surface area (Å²) in [5, 5.41) is 0.882. The number of nitrogens with zero attached hydrogens (tertiary/aromatic N) is 3. The smallest absolute Gasteiger partial charge is 0.238 e. The van der Waals surface area contributed by atoms with Crippen LogP contribution in [-0.2, 0) is 11.3 Å². The zero-order chi connectivity index (χ0) is 19.3. The summed E-state index contributed by atoms with van der Waals surface area (Å²) in [6.07, 6.45) is 4.79. The maximum Gasteiger partial charge on any atom is 0.238 e. The summed E-state index contributed by atoms with van der Waals surface area (Å²) in [5.41, 5.74) is 1.90. The second-order valence-electron chi connectivity index (χ2n) is 6.66. The first-order valence-electron chi connectivity index (χ1n) is 9.50. The molecule has 1 amide bonds. The topological polar surface area (TPSA) is 47.4 Å². The molecule has 5 nitrogen and oxygen atoms in total. The lowest BCUT2D eigenvalue weighted by Crippen LogP contribution is -2.42. The molecule has 0 radical (unpaired) electrons. The lowest BCUT2D eigenvalue weighted by atomic mass is 10.0. The number of ether oxygens (including phenoxy) is 1. The van der Waals surface area contributed by atoms with Gasteiger partial charge in [-0.1, -0.05) is 61.2 Å². The van der Waals surface area contributed by atoms with Gasteiger partial charge < -0.3 is 9.30 Å². The molecule has 0 aliphatic carbocycles. The van der Waals surface area contributed by atoms with Crippen LogP contribution in [-0.4, -0.2) is 27.8 Å². The Bertz CT molecular complexity index is 942. The minimum absolute atomic E-state index is 0.0562. The van der Waals surface area contributed by atoms with Gasteiger partial charge in [-0.05, 0) is 24.1 Å². The van der Waals surface area contributed by atoms with E-state index >= 15 is 0 Å². The number of thioether (sulfide) groups is 1. The van der Waals surface area contributed by atoms with Crippen LogP contribution in [0.25, 0.3) is 0 Å². The number of aromatic nitrogens is 2. The number of amides is 1. The fraction of sp³-hybridized carbons (Fsp3) is 0.273. The van der Waals surface area contributed by atoms with Gasteiger partial charge in [-0.15, -0.1) is 0 Å². The molecule has 1 aliphatic heterocycles. The molecule has 1 aliphatic rings. The number of carbonyl (C=O) groups excluding carboxylic acids is 1. The first-order valence-corrected chi connectivity index (χ1v) is 10.5. The number of fused-ring (bicyclic) bond motifs is 1. The molecule has 2 heterocycles. The zero-order valence-electron chi connectivity index (χ0n) is 15.8. The van der Waals surface area contributed by atoms with Crippen molar-refractivity contribution >= 4 is 23.4 Å². The van der Waals surface area contributed by atoms with E-state index in [9.17, 15) is 4.79 Å². The molecular formula is C22H23N3O2S. The van der Waals surface area contributed by atoms with E-state index in [2.05, 4.69) is 16.5 Å². The van der Waals surface area contributed by atoms with Crippen LogP contribution in [0.3, 0.4) is 0 Å². The van der Waals surface area contributed by atoms with Gasteiger partial charge in [0.05, 0.1) is 17.5 Å². The Kier molecular flexibility index (Phi) is 5.67. The highest BCUT2D eigenvalue weighted by atomic mass is 32.2. The van der Waals surface area contributed by atoms with Gasteiger partial charge in [0, 0.05) is 18.9 Å². The van der Waals surface area contributed by atoms with Crippen LogP contribution in [0, 0.1) is 0 Å². The van der Waals surface area contributed by atoms with Gasteiger partial charge in [0.1, 0.15) is 12.4 Å². The fourth-order valence-electron chi connectivity index (χ4n) is 3.46. The number of rotatable bonds is 6. The average molecular weight is 394 g/mol. The summed E-state index contributed by atoms with van der Waals surface area (Å²) in [6.45, 7) is 3.49. The van der Waals surface area contributed by atoms with Gasteiger partial charge >= 0.3 is 0 Å². The summed E-state index contributed by atoms with van der Waals surface area (Å²) < 4.78 is 8.05. The number of anilines is 1. The first-order chi connectivity index (χ1) is 13.8. The second-order valence-corrected chi connectivity index (χ2v) is 7.60. The van der Waals surface area contributed by atoms with E-state index < -0.39 is 0 Å². The molecule has 2 aromatic carbocycles. The van der Waals surface area contributed by atoms with Crippen molar-refractivity contribution in [3.05, 3.63) is 72.6 Å². The Hall–Kier alpha value is -2.73. The van der Waals surface area contributed by atoms with Crippen molar-refractivity contribution in [2.45, 2.75) is 31.1 Å². The molecule has 0 N–H and O–H groups in total. The predicted octanol–water partition coefficient (Wildman–Crippen LogP) is 4.55. The van der Waals surface area contributed by atoms with Crippen LogP contribution in [0.4, 0.5) is 5.69 Å². The Balaban J connectivity index is 1.59. The number of aryl methyl sites for hydroxylation is 1. The fourth-order valence-corrected chi connectivity index (χ4v) is 4.31.